The molecular formula is C15H11IO3. The van der Waals surface area contributed by atoms with Crippen LogP contribution >= 0.6 is 22.6 Å². The molecule has 1 aliphatic heterocycles. The zero-order valence-corrected chi connectivity index (χ0v) is 12.2. The largest absolute Gasteiger partial charge is 0.486 e. The van der Waals surface area contributed by atoms with E-state index in [9.17, 15) is 4.79 Å². The molecule has 19 heavy (non-hydrogen) atoms. The van der Waals surface area contributed by atoms with Crippen LogP contribution < -0.4 is 9.47 Å². The van der Waals surface area contributed by atoms with E-state index in [0.29, 0.717) is 35.8 Å². The van der Waals surface area contributed by atoms with Crippen LogP contribution in [0.25, 0.3) is 0 Å². The SMILES string of the molecule is O=C(c1ccccc1)c1ccc2c(c1I)OCCO2. The van der Waals surface area contributed by atoms with Gasteiger partial charge in [0, 0.05) is 11.1 Å². The lowest BCUT2D eigenvalue weighted by molar-refractivity contribution is 0.103. The number of benzene rings is 2. The predicted molar refractivity (Wildman–Crippen MR) is 80.0 cm³/mol. The Bertz CT molecular complexity index is 623. The molecule has 2 aromatic rings. The first-order chi connectivity index (χ1) is 9.27. The summed E-state index contributed by atoms with van der Waals surface area (Å²) in [5.74, 6) is 1.39. The van der Waals surface area contributed by atoms with Crippen LogP contribution in [0.15, 0.2) is 42.5 Å². The van der Waals surface area contributed by atoms with Gasteiger partial charge in [0.05, 0.1) is 3.57 Å². The second kappa shape index (κ2) is 5.21. The fourth-order valence-electron chi connectivity index (χ4n) is 2.00. The molecule has 0 saturated carbocycles. The first-order valence-corrected chi connectivity index (χ1v) is 7.03. The topological polar surface area (TPSA) is 35.5 Å². The van der Waals surface area contributed by atoms with E-state index in [1.807, 2.05) is 30.3 Å². The molecule has 0 aliphatic carbocycles. The smallest absolute Gasteiger partial charge is 0.194 e. The number of hydrogen-bond acceptors (Lipinski definition) is 3. The van der Waals surface area contributed by atoms with Crippen molar-refractivity contribution in [2.24, 2.45) is 0 Å². The Labute approximate surface area is 124 Å². The van der Waals surface area contributed by atoms with E-state index in [1.54, 1.807) is 12.1 Å². The van der Waals surface area contributed by atoms with Crippen LogP contribution in [0.1, 0.15) is 15.9 Å². The zero-order valence-electron chi connectivity index (χ0n) is 10.1. The predicted octanol–water partition coefficient (Wildman–Crippen LogP) is 3.29. The van der Waals surface area contributed by atoms with Crippen molar-refractivity contribution in [3.63, 3.8) is 0 Å². The summed E-state index contributed by atoms with van der Waals surface area (Å²) in [4.78, 5) is 12.5. The van der Waals surface area contributed by atoms with Gasteiger partial charge in [-0.2, -0.15) is 0 Å². The number of carbonyl (C=O) groups is 1. The van der Waals surface area contributed by atoms with Crippen LogP contribution in [-0.2, 0) is 0 Å². The van der Waals surface area contributed by atoms with Crippen LogP contribution in [0.5, 0.6) is 11.5 Å². The molecule has 1 heterocycles. The van der Waals surface area contributed by atoms with Crippen LogP contribution in [0.3, 0.4) is 0 Å². The lowest BCUT2D eigenvalue weighted by atomic mass is 10.0. The van der Waals surface area contributed by atoms with Gasteiger partial charge in [0.2, 0.25) is 0 Å². The number of ketones is 1. The molecule has 0 bridgehead atoms. The second-order valence-electron chi connectivity index (χ2n) is 4.15. The highest BCUT2D eigenvalue weighted by Gasteiger charge is 2.21. The lowest BCUT2D eigenvalue weighted by Gasteiger charge is -2.20. The molecule has 96 valence electrons. The molecule has 1 aliphatic rings. The van der Waals surface area contributed by atoms with Gasteiger partial charge in [-0.15, -0.1) is 0 Å². The maximum absolute atomic E-state index is 12.5. The summed E-state index contributed by atoms with van der Waals surface area (Å²) >= 11 is 2.14. The summed E-state index contributed by atoms with van der Waals surface area (Å²) in [6.45, 7) is 1.07. The van der Waals surface area contributed by atoms with Gasteiger partial charge in [-0.1, -0.05) is 30.3 Å². The number of rotatable bonds is 2. The van der Waals surface area contributed by atoms with E-state index in [-0.39, 0.29) is 5.78 Å². The summed E-state index contributed by atoms with van der Waals surface area (Å²) in [7, 11) is 0. The van der Waals surface area contributed by atoms with Crippen LogP contribution in [0, 0.1) is 3.57 Å². The van der Waals surface area contributed by atoms with E-state index >= 15 is 0 Å². The number of halogens is 1. The molecular weight excluding hydrogens is 355 g/mol. The quantitative estimate of drug-likeness (QED) is 0.605. The molecule has 0 fully saturated rings. The molecule has 0 aromatic heterocycles. The molecule has 2 aromatic carbocycles. The van der Waals surface area contributed by atoms with Gasteiger partial charge < -0.3 is 9.47 Å². The van der Waals surface area contributed by atoms with Crippen molar-refractivity contribution in [3.8, 4) is 11.5 Å². The first-order valence-electron chi connectivity index (χ1n) is 5.95. The summed E-state index contributed by atoms with van der Waals surface area (Å²) in [6.07, 6.45) is 0. The Hall–Kier alpha value is -1.56. The molecule has 3 nitrogen and oxygen atoms in total. The van der Waals surface area contributed by atoms with Gasteiger partial charge in [-0.3, -0.25) is 4.79 Å². The zero-order chi connectivity index (χ0) is 13.2. The summed E-state index contributed by atoms with van der Waals surface area (Å²) in [5, 5.41) is 0. The van der Waals surface area contributed by atoms with Crippen LogP contribution in [-0.4, -0.2) is 19.0 Å². The highest BCUT2D eigenvalue weighted by Crippen LogP contribution is 2.37. The molecule has 3 rings (SSSR count). The monoisotopic (exact) mass is 366 g/mol. The van der Waals surface area contributed by atoms with Crippen LogP contribution in [0.2, 0.25) is 0 Å². The van der Waals surface area contributed by atoms with Crippen molar-refractivity contribution >= 4 is 28.4 Å². The molecule has 0 atom stereocenters. The van der Waals surface area contributed by atoms with Crippen molar-refractivity contribution in [1.29, 1.82) is 0 Å². The summed E-state index contributed by atoms with van der Waals surface area (Å²) in [6, 6.07) is 12.8. The fraction of sp³-hybridized carbons (Fsp3) is 0.133. The second-order valence-corrected chi connectivity index (χ2v) is 5.23. The minimum atomic E-state index is 0.00183. The third-order valence-corrected chi connectivity index (χ3v) is 4.00. The van der Waals surface area contributed by atoms with Crippen molar-refractivity contribution in [2.75, 3.05) is 13.2 Å². The average molecular weight is 366 g/mol. The maximum Gasteiger partial charge on any atom is 0.194 e. The highest BCUT2D eigenvalue weighted by molar-refractivity contribution is 14.1. The number of fused-ring (bicyclic) bond motifs is 1. The van der Waals surface area contributed by atoms with E-state index in [1.165, 1.54) is 0 Å². The molecule has 0 spiro atoms. The van der Waals surface area contributed by atoms with Crippen molar-refractivity contribution in [1.82, 2.24) is 0 Å². The number of hydrogen-bond donors (Lipinski definition) is 0. The van der Waals surface area contributed by atoms with Crippen molar-refractivity contribution in [3.05, 3.63) is 57.2 Å². The Morgan fingerprint density at radius 2 is 1.74 bits per heavy atom. The summed E-state index contributed by atoms with van der Waals surface area (Å²) < 4.78 is 11.9. The minimum absolute atomic E-state index is 0.00183. The van der Waals surface area contributed by atoms with E-state index < -0.39 is 0 Å². The number of ether oxygens (including phenoxy) is 2. The van der Waals surface area contributed by atoms with Gasteiger partial charge in [0.1, 0.15) is 13.2 Å². The molecule has 4 heteroatoms. The van der Waals surface area contributed by atoms with Crippen molar-refractivity contribution in [2.45, 2.75) is 0 Å². The fourth-order valence-corrected chi connectivity index (χ4v) is 2.85. The molecule has 0 unspecified atom stereocenters. The Balaban J connectivity index is 2.04. The molecule has 0 saturated heterocycles. The normalized spacial score (nSPS) is 13.1. The van der Waals surface area contributed by atoms with Crippen LogP contribution in [0.4, 0.5) is 0 Å². The maximum atomic E-state index is 12.5. The first kappa shape index (κ1) is 12.5. The van der Waals surface area contributed by atoms with Crippen molar-refractivity contribution < 1.29 is 14.3 Å². The minimum Gasteiger partial charge on any atom is -0.486 e. The van der Waals surface area contributed by atoms with E-state index in [2.05, 4.69) is 22.6 Å². The van der Waals surface area contributed by atoms with Gasteiger partial charge in [0.15, 0.2) is 17.3 Å². The van der Waals surface area contributed by atoms with Gasteiger partial charge >= 0.3 is 0 Å². The van der Waals surface area contributed by atoms with E-state index in [4.69, 9.17) is 9.47 Å². The van der Waals surface area contributed by atoms with Gasteiger partial charge in [-0.25, -0.2) is 0 Å². The Morgan fingerprint density at radius 3 is 2.53 bits per heavy atom. The van der Waals surface area contributed by atoms with Gasteiger partial charge in [0.25, 0.3) is 0 Å². The van der Waals surface area contributed by atoms with E-state index in [0.717, 1.165) is 3.57 Å². The molecule has 0 amide bonds. The third-order valence-electron chi connectivity index (χ3n) is 2.93. The molecule has 0 N–H and O–H groups in total. The lowest BCUT2D eigenvalue weighted by Crippen LogP contribution is -2.17. The Morgan fingerprint density at radius 1 is 1.00 bits per heavy atom. The highest BCUT2D eigenvalue weighted by atomic mass is 127. The number of carbonyl (C=O) groups excluding carboxylic acids is 1. The Kier molecular flexibility index (Phi) is 3.42. The summed E-state index contributed by atoms with van der Waals surface area (Å²) in [5.41, 5.74) is 1.33. The van der Waals surface area contributed by atoms with Gasteiger partial charge in [-0.05, 0) is 34.7 Å². The average Bonchev–Trinajstić information content (AvgIpc) is 2.48. The molecule has 0 radical (unpaired) electrons. The third kappa shape index (κ3) is 2.32. The standard InChI is InChI=1S/C15H11IO3/c16-13-11(14(17)10-4-2-1-3-5-10)6-7-12-15(13)19-9-8-18-12/h1-7H,8-9H2.